The summed E-state index contributed by atoms with van der Waals surface area (Å²) in [4.78, 5) is 3.08. The molecule has 3 N–H and O–H groups in total. The van der Waals surface area contributed by atoms with Crippen LogP contribution in [0.3, 0.4) is 0 Å². The standard InChI is InChI=1S/C12H14BrNO2/c13-5-3-11(15)12(16)9-2-1-8-4-6-14-10(8)7-9/h1-2,4,6-7,11-12,14-16H,3,5H2. The predicted molar refractivity (Wildman–Crippen MR) is 67.7 cm³/mol. The van der Waals surface area contributed by atoms with E-state index in [-0.39, 0.29) is 0 Å². The molecular weight excluding hydrogens is 270 g/mol. The van der Waals surface area contributed by atoms with Gasteiger partial charge in [-0.25, -0.2) is 0 Å². The van der Waals surface area contributed by atoms with Crippen LogP contribution in [0, 0.1) is 0 Å². The zero-order chi connectivity index (χ0) is 11.5. The molecule has 2 atom stereocenters. The number of alkyl halides is 1. The molecule has 0 spiro atoms. The summed E-state index contributed by atoms with van der Waals surface area (Å²) in [6.07, 6.45) is 0.830. The van der Waals surface area contributed by atoms with Crippen molar-refractivity contribution in [2.75, 3.05) is 5.33 Å². The largest absolute Gasteiger partial charge is 0.390 e. The Hall–Kier alpha value is -0.840. The van der Waals surface area contributed by atoms with Gasteiger partial charge in [0.2, 0.25) is 0 Å². The van der Waals surface area contributed by atoms with Crippen molar-refractivity contribution in [2.24, 2.45) is 0 Å². The summed E-state index contributed by atoms with van der Waals surface area (Å²) in [6, 6.07) is 7.63. The number of aliphatic hydroxyl groups is 2. The minimum absolute atomic E-state index is 0.532. The van der Waals surface area contributed by atoms with Gasteiger partial charge in [0.25, 0.3) is 0 Å². The van der Waals surface area contributed by atoms with Crippen LogP contribution >= 0.6 is 15.9 Å². The fourth-order valence-electron chi connectivity index (χ4n) is 1.74. The molecule has 0 aliphatic rings. The van der Waals surface area contributed by atoms with Crippen molar-refractivity contribution in [3.8, 4) is 0 Å². The monoisotopic (exact) mass is 283 g/mol. The van der Waals surface area contributed by atoms with Gasteiger partial charge in [-0.3, -0.25) is 0 Å². The number of hydrogen-bond donors (Lipinski definition) is 3. The zero-order valence-electron chi connectivity index (χ0n) is 8.73. The second-order valence-corrected chi connectivity index (χ2v) is 4.61. The number of benzene rings is 1. The Labute approximate surface area is 102 Å². The number of rotatable bonds is 4. The van der Waals surface area contributed by atoms with Gasteiger partial charge in [-0.15, -0.1) is 0 Å². The van der Waals surface area contributed by atoms with Crippen LogP contribution < -0.4 is 0 Å². The maximum absolute atomic E-state index is 9.93. The lowest BCUT2D eigenvalue weighted by Crippen LogP contribution is -2.18. The Morgan fingerprint density at radius 1 is 1.25 bits per heavy atom. The van der Waals surface area contributed by atoms with Crippen LogP contribution in [0.5, 0.6) is 0 Å². The minimum Gasteiger partial charge on any atom is -0.390 e. The molecule has 1 aromatic heterocycles. The van der Waals surface area contributed by atoms with Gasteiger partial charge in [0.05, 0.1) is 6.10 Å². The van der Waals surface area contributed by atoms with E-state index in [0.717, 1.165) is 16.5 Å². The second-order valence-electron chi connectivity index (χ2n) is 3.81. The van der Waals surface area contributed by atoms with Crippen molar-refractivity contribution >= 4 is 26.8 Å². The van der Waals surface area contributed by atoms with Crippen LogP contribution in [0.25, 0.3) is 10.9 Å². The van der Waals surface area contributed by atoms with Gasteiger partial charge < -0.3 is 15.2 Å². The van der Waals surface area contributed by atoms with E-state index in [9.17, 15) is 10.2 Å². The molecular formula is C12H14BrNO2. The zero-order valence-corrected chi connectivity index (χ0v) is 10.3. The first-order valence-electron chi connectivity index (χ1n) is 5.21. The molecule has 0 saturated heterocycles. The highest BCUT2D eigenvalue weighted by Gasteiger charge is 2.17. The van der Waals surface area contributed by atoms with Crippen molar-refractivity contribution in [1.82, 2.24) is 4.98 Å². The highest BCUT2D eigenvalue weighted by atomic mass is 79.9. The first kappa shape index (κ1) is 11.6. The van der Waals surface area contributed by atoms with Crippen molar-refractivity contribution in [2.45, 2.75) is 18.6 Å². The molecule has 0 aliphatic carbocycles. The fourth-order valence-corrected chi connectivity index (χ4v) is 2.21. The number of halogens is 1. The third-order valence-electron chi connectivity index (χ3n) is 2.69. The molecule has 0 radical (unpaired) electrons. The molecule has 0 aliphatic heterocycles. The predicted octanol–water partition coefficient (Wildman–Crippen LogP) is 2.35. The molecule has 2 unspecified atom stereocenters. The van der Waals surface area contributed by atoms with Crippen molar-refractivity contribution in [3.05, 3.63) is 36.0 Å². The number of aromatic nitrogens is 1. The molecule has 1 heterocycles. The molecule has 0 amide bonds. The molecule has 16 heavy (non-hydrogen) atoms. The minimum atomic E-state index is -0.828. The first-order valence-corrected chi connectivity index (χ1v) is 6.33. The highest BCUT2D eigenvalue weighted by Crippen LogP contribution is 2.23. The lowest BCUT2D eigenvalue weighted by atomic mass is 10.0. The third-order valence-corrected chi connectivity index (χ3v) is 3.15. The lowest BCUT2D eigenvalue weighted by molar-refractivity contribution is 0.0174. The lowest BCUT2D eigenvalue weighted by Gasteiger charge is -2.17. The molecule has 3 nitrogen and oxygen atoms in total. The van der Waals surface area contributed by atoms with Crippen LogP contribution in [-0.2, 0) is 0 Å². The van der Waals surface area contributed by atoms with Crippen LogP contribution in [-0.4, -0.2) is 26.6 Å². The van der Waals surface area contributed by atoms with E-state index in [0.29, 0.717) is 11.8 Å². The Morgan fingerprint density at radius 2 is 2.06 bits per heavy atom. The summed E-state index contributed by atoms with van der Waals surface area (Å²) < 4.78 is 0. The number of nitrogens with one attached hydrogen (secondary N) is 1. The molecule has 0 saturated carbocycles. The normalized spacial score (nSPS) is 15.2. The molecule has 0 bridgehead atoms. The summed E-state index contributed by atoms with van der Waals surface area (Å²) in [6.45, 7) is 0. The van der Waals surface area contributed by atoms with Gasteiger partial charge in [0, 0.05) is 17.0 Å². The van der Waals surface area contributed by atoms with Crippen molar-refractivity contribution in [3.63, 3.8) is 0 Å². The number of H-pyrrole nitrogens is 1. The van der Waals surface area contributed by atoms with Crippen molar-refractivity contribution in [1.29, 1.82) is 0 Å². The fraction of sp³-hybridized carbons (Fsp3) is 0.333. The van der Waals surface area contributed by atoms with E-state index >= 15 is 0 Å². The topological polar surface area (TPSA) is 56.2 Å². The third kappa shape index (κ3) is 2.29. The Balaban J connectivity index is 2.24. The average molecular weight is 284 g/mol. The van der Waals surface area contributed by atoms with Crippen LogP contribution in [0.15, 0.2) is 30.5 Å². The van der Waals surface area contributed by atoms with E-state index in [2.05, 4.69) is 20.9 Å². The summed E-state index contributed by atoms with van der Waals surface area (Å²) in [5, 5.41) is 21.4. The Morgan fingerprint density at radius 3 is 2.81 bits per heavy atom. The average Bonchev–Trinajstić information content (AvgIpc) is 2.75. The molecule has 2 rings (SSSR count). The van der Waals surface area contributed by atoms with Gasteiger partial charge in [0.15, 0.2) is 0 Å². The van der Waals surface area contributed by atoms with Crippen LogP contribution in [0.1, 0.15) is 18.1 Å². The van der Waals surface area contributed by atoms with Gasteiger partial charge >= 0.3 is 0 Å². The Kier molecular flexibility index (Phi) is 3.63. The highest BCUT2D eigenvalue weighted by molar-refractivity contribution is 9.09. The van der Waals surface area contributed by atoms with Crippen LogP contribution in [0.4, 0.5) is 0 Å². The summed E-state index contributed by atoms with van der Waals surface area (Å²) in [7, 11) is 0. The van der Waals surface area contributed by atoms with Gasteiger partial charge in [-0.05, 0) is 29.5 Å². The molecule has 0 fully saturated rings. The van der Waals surface area contributed by atoms with Gasteiger partial charge in [-0.2, -0.15) is 0 Å². The summed E-state index contributed by atoms with van der Waals surface area (Å²) in [5.41, 5.74) is 1.71. The van der Waals surface area contributed by atoms with E-state index in [1.165, 1.54) is 0 Å². The van der Waals surface area contributed by atoms with Gasteiger partial charge in [-0.1, -0.05) is 28.1 Å². The second kappa shape index (κ2) is 4.99. The molecule has 86 valence electrons. The number of aromatic amines is 1. The Bertz CT molecular complexity index is 469. The van der Waals surface area contributed by atoms with E-state index in [1.54, 1.807) is 0 Å². The SMILES string of the molecule is OC(CCBr)C(O)c1ccc2cc[nH]c2c1. The van der Waals surface area contributed by atoms with E-state index < -0.39 is 12.2 Å². The number of fused-ring (bicyclic) bond motifs is 1. The van der Waals surface area contributed by atoms with E-state index in [4.69, 9.17) is 0 Å². The smallest absolute Gasteiger partial charge is 0.105 e. The quantitative estimate of drug-likeness (QED) is 0.755. The first-order chi connectivity index (χ1) is 7.72. The maximum atomic E-state index is 9.93. The number of aliphatic hydroxyl groups excluding tert-OH is 2. The van der Waals surface area contributed by atoms with Crippen LogP contribution in [0.2, 0.25) is 0 Å². The summed E-state index contributed by atoms with van der Waals surface area (Å²) >= 11 is 3.25. The number of hydrogen-bond acceptors (Lipinski definition) is 2. The molecule has 2 aromatic rings. The molecule has 1 aromatic carbocycles. The van der Waals surface area contributed by atoms with E-state index in [1.807, 2.05) is 30.5 Å². The molecule has 4 heteroatoms. The van der Waals surface area contributed by atoms with Crippen molar-refractivity contribution < 1.29 is 10.2 Å². The summed E-state index contributed by atoms with van der Waals surface area (Å²) in [5.74, 6) is 0. The maximum Gasteiger partial charge on any atom is 0.105 e. The van der Waals surface area contributed by atoms with Gasteiger partial charge in [0.1, 0.15) is 6.10 Å².